The molecule has 5 nitrogen and oxygen atoms in total. The molecule has 3 aromatic carbocycles. The van der Waals surface area contributed by atoms with Gasteiger partial charge in [0.1, 0.15) is 0 Å². The van der Waals surface area contributed by atoms with Gasteiger partial charge in [0, 0.05) is 0 Å². The minimum atomic E-state index is -4.52. The van der Waals surface area contributed by atoms with Gasteiger partial charge in [-0.05, 0) is 0 Å². The molecular formula is C23H11O5Sb. The molecule has 0 bridgehead atoms. The number of hydrogen-bond donors (Lipinski definition) is 0. The molecule has 0 heterocycles. The van der Waals surface area contributed by atoms with Gasteiger partial charge in [0.25, 0.3) is 0 Å². The standard InChI is InChI=1S/C10HO4.2C6H5.CO.Sb/c11-3-7-1-2-8(4-12)10(6-14)9(7)5-13;2*1-2-4-6-5-3-1;1-2;/h1H;2*1-5H;;. The van der Waals surface area contributed by atoms with Crippen LogP contribution < -0.4 is 31.4 Å². The molecule has 0 aromatic heterocycles. The zero-order chi connectivity index (χ0) is 20.9. The van der Waals surface area contributed by atoms with Crippen molar-refractivity contribution in [3.63, 3.8) is 0 Å². The van der Waals surface area contributed by atoms with Crippen LogP contribution in [0.3, 0.4) is 0 Å². The number of rotatable bonds is 3. The molecule has 0 radical (unpaired) electrons. The fourth-order valence-corrected chi connectivity index (χ4v) is 12.4. The van der Waals surface area contributed by atoms with Crippen molar-refractivity contribution in [1.82, 2.24) is 0 Å². The summed E-state index contributed by atoms with van der Waals surface area (Å²) in [7, 11) is 0. The molecule has 0 unspecified atom stereocenters. The van der Waals surface area contributed by atoms with Gasteiger partial charge in [0.15, 0.2) is 0 Å². The summed E-state index contributed by atoms with van der Waals surface area (Å²) in [5.74, 6) is 6.28. The second kappa shape index (κ2) is 8.59. The normalized spacial score (nSPS) is 10.1. The maximum absolute atomic E-state index is 12.6. The molecule has 0 atom stereocenters. The Morgan fingerprint density at radius 1 is 0.552 bits per heavy atom. The zero-order valence-electron chi connectivity index (χ0n) is 14.8. The first kappa shape index (κ1) is 20.1. The van der Waals surface area contributed by atoms with Gasteiger partial charge in [-0.25, -0.2) is 0 Å². The average Bonchev–Trinajstić information content (AvgIpc) is 2.80. The summed E-state index contributed by atoms with van der Waals surface area (Å²) in [6, 6.07) is 18.8. The average molecular weight is 489 g/mol. The van der Waals surface area contributed by atoms with Crippen molar-refractivity contribution in [2.45, 2.75) is 0 Å². The fraction of sp³-hybridized carbons (Fsp3) is 0. The van der Waals surface area contributed by atoms with Crippen molar-refractivity contribution in [2.75, 3.05) is 0 Å². The predicted molar refractivity (Wildman–Crippen MR) is 107 cm³/mol. The minimum absolute atomic E-state index is 0.168. The Balaban J connectivity index is 2.79. The van der Waals surface area contributed by atoms with Crippen LogP contribution in [0.1, 0.15) is 0 Å². The molecule has 0 aliphatic rings. The summed E-state index contributed by atoms with van der Waals surface area (Å²) < 4.78 is 3.64. The quantitative estimate of drug-likeness (QED) is 0.349. The van der Waals surface area contributed by atoms with E-state index in [4.69, 9.17) is 0 Å². The molecule has 29 heavy (non-hydrogen) atoms. The third kappa shape index (κ3) is 3.24. The van der Waals surface area contributed by atoms with Crippen molar-refractivity contribution in [3.05, 3.63) is 87.6 Å². The summed E-state index contributed by atoms with van der Waals surface area (Å²) >= 11 is -4.52. The Labute approximate surface area is 167 Å². The van der Waals surface area contributed by atoms with Crippen molar-refractivity contribution in [3.8, 4) is 0 Å². The molecule has 3 rings (SSSR count). The molecular weight excluding hydrogens is 478 g/mol. The summed E-state index contributed by atoms with van der Waals surface area (Å²) in [4.78, 5) is 58.9. The molecule has 0 amide bonds. The van der Waals surface area contributed by atoms with Crippen LogP contribution in [0.15, 0.2) is 66.7 Å². The van der Waals surface area contributed by atoms with Crippen LogP contribution in [0.25, 0.3) is 0 Å². The van der Waals surface area contributed by atoms with E-state index < -0.39 is 28.8 Å². The predicted octanol–water partition coefficient (Wildman–Crippen LogP) is -4.18. The first-order valence-corrected chi connectivity index (χ1v) is 13.4. The topological polar surface area (TPSA) is 85.3 Å². The van der Waals surface area contributed by atoms with E-state index in [1.165, 1.54) is 17.9 Å². The van der Waals surface area contributed by atoms with Crippen molar-refractivity contribution in [1.29, 1.82) is 0 Å². The van der Waals surface area contributed by atoms with E-state index in [0.717, 1.165) is 0 Å². The third-order valence-corrected chi connectivity index (χ3v) is 14.5. The Morgan fingerprint density at radius 2 is 1.03 bits per heavy atom. The Hall–Kier alpha value is -3.62. The monoisotopic (exact) mass is 488 g/mol. The van der Waals surface area contributed by atoms with E-state index in [1.54, 1.807) is 72.5 Å². The first-order valence-electron chi connectivity index (χ1n) is 8.31. The van der Waals surface area contributed by atoms with Gasteiger partial charge in [-0.2, -0.15) is 0 Å². The van der Waals surface area contributed by atoms with E-state index in [1.807, 2.05) is 0 Å². The number of benzene rings is 3. The molecule has 0 aliphatic carbocycles. The van der Waals surface area contributed by atoms with Crippen molar-refractivity contribution >= 4 is 56.4 Å². The van der Waals surface area contributed by atoms with Crippen LogP contribution in [-0.4, -0.2) is 45.9 Å². The van der Waals surface area contributed by atoms with Crippen molar-refractivity contribution < 1.29 is 24.0 Å². The van der Waals surface area contributed by atoms with E-state index in [2.05, 4.69) is 3.82 Å². The van der Waals surface area contributed by atoms with Gasteiger partial charge >= 0.3 is 168 Å². The van der Waals surface area contributed by atoms with Crippen LogP contribution in [-0.2, 0) is 24.0 Å². The third-order valence-electron chi connectivity index (χ3n) is 4.51. The molecule has 6 heteroatoms. The summed E-state index contributed by atoms with van der Waals surface area (Å²) in [6.45, 7) is 0. The van der Waals surface area contributed by atoms with Crippen LogP contribution in [0.2, 0.25) is 0 Å². The van der Waals surface area contributed by atoms with E-state index in [9.17, 15) is 24.0 Å². The van der Waals surface area contributed by atoms with Crippen molar-refractivity contribution in [2.24, 2.45) is 0 Å². The van der Waals surface area contributed by atoms with Crippen LogP contribution >= 0.6 is 0 Å². The Bertz CT molecular complexity index is 1470. The molecule has 0 fully saturated rings. The summed E-state index contributed by atoms with van der Waals surface area (Å²) in [5.41, 5.74) is 0. The van der Waals surface area contributed by atoms with Crippen LogP contribution in [0.5, 0.6) is 0 Å². The molecule has 3 aromatic rings. The van der Waals surface area contributed by atoms with Gasteiger partial charge in [0.2, 0.25) is 0 Å². The van der Waals surface area contributed by atoms with Crippen LogP contribution in [0, 0.1) is 0 Å². The molecule has 0 spiro atoms. The zero-order valence-corrected chi connectivity index (χ0v) is 17.4. The Morgan fingerprint density at radius 3 is 1.41 bits per heavy atom. The van der Waals surface area contributed by atoms with Gasteiger partial charge in [-0.1, -0.05) is 0 Å². The second-order valence-electron chi connectivity index (χ2n) is 5.91. The first-order chi connectivity index (χ1) is 14.2. The maximum atomic E-state index is 12.6. The van der Waals surface area contributed by atoms with Crippen LogP contribution in [0.4, 0.5) is 0 Å². The van der Waals surface area contributed by atoms with Gasteiger partial charge in [-0.3, -0.25) is 0 Å². The fourth-order valence-electron chi connectivity index (χ4n) is 3.21. The number of hydrogen-bond acceptors (Lipinski definition) is 5. The molecule has 0 saturated heterocycles. The van der Waals surface area contributed by atoms with Gasteiger partial charge in [0.05, 0.1) is 0 Å². The molecule has 0 aliphatic heterocycles. The molecule has 138 valence electrons. The van der Waals surface area contributed by atoms with E-state index in [-0.39, 0.29) is 13.9 Å². The second-order valence-corrected chi connectivity index (χ2v) is 14.6. The van der Waals surface area contributed by atoms with Gasteiger partial charge in [-0.15, -0.1) is 0 Å². The molecule has 0 saturated carbocycles. The Kier molecular flexibility index (Phi) is 5.96. The summed E-state index contributed by atoms with van der Waals surface area (Å²) in [6.07, 6.45) is 0. The van der Waals surface area contributed by atoms with E-state index >= 15 is 0 Å². The van der Waals surface area contributed by atoms with E-state index in [0.29, 0.717) is 7.02 Å². The van der Waals surface area contributed by atoms with Gasteiger partial charge < -0.3 is 0 Å². The summed E-state index contributed by atoms with van der Waals surface area (Å²) in [5, 5.41) is -1.43. The molecule has 0 N–H and O–H groups in total. The number of carbonyl (C=O) groups excluding carboxylic acids is 5. The SMILES string of the molecule is O=C=c1c[c]([Sb](=[C]=O)([c]2ccccc2)[c]2ccccc2)c(=C=O)c(=C=O)c1=C=O.